The number of carbonyl (C=O) groups is 1. The van der Waals surface area contributed by atoms with Crippen molar-refractivity contribution in [1.29, 1.82) is 0 Å². The average molecular weight is 346 g/mol. The number of aromatic nitrogens is 1. The van der Waals surface area contributed by atoms with Crippen LogP contribution in [-0.4, -0.2) is 37.2 Å². The van der Waals surface area contributed by atoms with Crippen LogP contribution >= 0.6 is 11.6 Å². The lowest BCUT2D eigenvalue weighted by Gasteiger charge is -2.28. The number of hydrogen-bond acceptors (Lipinski definition) is 4. The molecule has 5 nitrogen and oxygen atoms in total. The first-order valence-corrected chi connectivity index (χ1v) is 8.35. The van der Waals surface area contributed by atoms with E-state index in [0.29, 0.717) is 5.02 Å². The molecule has 0 unspecified atom stereocenters. The monoisotopic (exact) mass is 345 g/mol. The number of amides is 1. The maximum absolute atomic E-state index is 12.2. The van der Waals surface area contributed by atoms with Crippen molar-refractivity contribution in [3.63, 3.8) is 0 Å². The molecule has 2 heterocycles. The first kappa shape index (κ1) is 16.7. The van der Waals surface area contributed by atoms with Crippen molar-refractivity contribution in [2.75, 3.05) is 36.5 Å². The van der Waals surface area contributed by atoms with Gasteiger partial charge in [-0.25, -0.2) is 4.98 Å². The van der Waals surface area contributed by atoms with E-state index in [1.54, 1.807) is 6.07 Å². The van der Waals surface area contributed by atoms with Crippen LogP contribution in [0.3, 0.4) is 0 Å². The van der Waals surface area contributed by atoms with E-state index in [1.165, 1.54) is 0 Å². The van der Waals surface area contributed by atoms with Crippen molar-refractivity contribution in [2.45, 2.75) is 13.3 Å². The fraction of sp³-hybridized carbons (Fsp3) is 0.333. The van der Waals surface area contributed by atoms with Gasteiger partial charge in [-0.1, -0.05) is 29.8 Å². The number of nitrogens with zero attached hydrogens (tertiary/aromatic N) is 2. The largest absolute Gasteiger partial charge is 0.378 e. The van der Waals surface area contributed by atoms with E-state index < -0.39 is 0 Å². The number of anilines is 2. The van der Waals surface area contributed by atoms with Crippen LogP contribution in [0.5, 0.6) is 0 Å². The number of morpholine rings is 1. The van der Waals surface area contributed by atoms with Crippen molar-refractivity contribution >= 4 is 29.0 Å². The van der Waals surface area contributed by atoms with Gasteiger partial charge in [0.25, 0.3) is 0 Å². The van der Waals surface area contributed by atoms with Gasteiger partial charge in [0.15, 0.2) is 0 Å². The molecular formula is C18H20ClN3O2. The van der Waals surface area contributed by atoms with Crippen molar-refractivity contribution in [3.8, 4) is 0 Å². The Morgan fingerprint density at radius 2 is 2.00 bits per heavy atom. The molecule has 0 bridgehead atoms. The lowest BCUT2D eigenvalue weighted by atomic mass is 10.1. The number of rotatable bonds is 4. The molecule has 24 heavy (non-hydrogen) atoms. The molecule has 1 aliphatic heterocycles. The summed E-state index contributed by atoms with van der Waals surface area (Å²) in [6, 6.07) is 11.2. The topological polar surface area (TPSA) is 54.5 Å². The highest BCUT2D eigenvalue weighted by Gasteiger charge is 2.14. The van der Waals surface area contributed by atoms with Crippen LogP contribution in [0, 0.1) is 6.92 Å². The molecule has 0 saturated carbocycles. The molecule has 0 spiro atoms. The highest BCUT2D eigenvalue weighted by Crippen LogP contribution is 2.21. The number of benzene rings is 1. The van der Waals surface area contributed by atoms with Crippen LogP contribution in [-0.2, 0) is 16.0 Å². The fourth-order valence-corrected chi connectivity index (χ4v) is 2.86. The first-order valence-electron chi connectivity index (χ1n) is 7.97. The second-order valence-electron chi connectivity index (χ2n) is 5.72. The highest BCUT2D eigenvalue weighted by molar-refractivity contribution is 6.31. The van der Waals surface area contributed by atoms with Crippen LogP contribution < -0.4 is 10.2 Å². The van der Waals surface area contributed by atoms with Crippen LogP contribution in [0.15, 0.2) is 36.4 Å². The second kappa shape index (κ2) is 7.64. The molecule has 1 aromatic heterocycles. The third-order valence-electron chi connectivity index (χ3n) is 3.99. The van der Waals surface area contributed by atoms with Gasteiger partial charge in [-0.05, 0) is 30.7 Å². The first-order chi connectivity index (χ1) is 11.6. The van der Waals surface area contributed by atoms with Gasteiger partial charge in [0.2, 0.25) is 5.91 Å². The SMILES string of the molecule is Cc1nc(N2CCOCC2)ccc1NC(=O)Cc1ccccc1Cl. The van der Waals surface area contributed by atoms with Crippen LogP contribution in [0.1, 0.15) is 11.3 Å². The molecule has 0 radical (unpaired) electrons. The molecule has 126 valence electrons. The summed E-state index contributed by atoms with van der Waals surface area (Å²) in [5.41, 5.74) is 2.34. The molecular weight excluding hydrogens is 326 g/mol. The summed E-state index contributed by atoms with van der Waals surface area (Å²) >= 11 is 6.10. The summed E-state index contributed by atoms with van der Waals surface area (Å²) in [4.78, 5) is 19.0. The van der Waals surface area contributed by atoms with Gasteiger partial charge in [0.05, 0.1) is 31.0 Å². The lowest BCUT2D eigenvalue weighted by molar-refractivity contribution is -0.115. The number of carbonyl (C=O) groups excluding carboxylic acids is 1. The normalized spacial score (nSPS) is 14.5. The van der Waals surface area contributed by atoms with E-state index in [1.807, 2.05) is 37.3 Å². The minimum atomic E-state index is -0.105. The van der Waals surface area contributed by atoms with Crippen LogP contribution in [0.2, 0.25) is 5.02 Å². The molecule has 2 aromatic rings. The summed E-state index contributed by atoms with van der Waals surface area (Å²) in [5, 5.41) is 3.51. The Morgan fingerprint density at radius 1 is 1.25 bits per heavy atom. The van der Waals surface area contributed by atoms with E-state index in [9.17, 15) is 4.79 Å². The van der Waals surface area contributed by atoms with E-state index >= 15 is 0 Å². The predicted octanol–water partition coefficient (Wildman–Crippen LogP) is 3.06. The molecule has 0 atom stereocenters. The molecule has 1 fully saturated rings. The molecule has 6 heteroatoms. The van der Waals surface area contributed by atoms with Crippen molar-refractivity contribution in [1.82, 2.24) is 4.98 Å². The summed E-state index contributed by atoms with van der Waals surface area (Å²) in [6.45, 7) is 5.01. The molecule has 1 amide bonds. The Balaban J connectivity index is 1.66. The zero-order chi connectivity index (χ0) is 16.9. The number of pyridine rings is 1. The van der Waals surface area contributed by atoms with E-state index in [0.717, 1.165) is 49.1 Å². The van der Waals surface area contributed by atoms with Gasteiger partial charge >= 0.3 is 0 Å². The minimum absolute atomic E-state index is 0.105. The quantitative estimate of drug-likeness (QED) is 0.925. The number of aryl methyl sites for hydroxylation is 1. The highest BCUT2D eigenvalue weighted by atomic mass is 35.5. The summed E-state index contributed by atoms with van der Waals surface area (Å²) in [7, 11) is 0. The number of ether oxygens (including phenoxy) is 1. The van der Waals surface area contributed by atoms with Gasteiger partial charge in [-0.3, -0.25) is 4.79 Å². The smallest absolute Gasteiger partial charge is 0.228 e. The molecule has 3 rings (SSSR count). The fourth-order valence-electron chi connectivity index (χ4n) is 2.66. The minimum Gasteiger partial charge on any atom is -0.378 e. The van der Waals surface area contributed by atoms with Crippen LogP contribution in [0.25, 0.3) is 0 Å². The molecule has 1 N–H and O–H groups in total. The van der Waals surface area contributed by atoms with Gasteiger partial charge in [0, 0.05) is 18.1 Å². The number of nitrogens with one attached hydrogen (secondary N) is 1. The van der Waals surface area contributed by atoms with Crippen molar-refractivity contribution in [2.24, 2.45) is 0 Å². The van der Waals surface area contributed by atoms with E-state index in [2.05, 4.69) is 15.2 Å². The molecule has 1 aliphatic rings. The maximum atomic E-state index is 12.2. The standard InChI is InChI=1S/C18H20ClN3O2/c1-13-16(6-7-17(20-13)22-8-10-24-11-9-22)21-18(23)12-14-4-2-3-5-15(14)19/h2-7H,8-12H2,1H3,(H,21,23). The Bertz CT molecular complexity index is 730. The summed E-state index contributed by atoms with van der Waals surface area (Å²) in [5.74, 6) is 0.812. The Morgan fingerprint density at radius 3 is 2.71 bits per heavy atom. The summed E-state index contributed by atoms with van der Waals surface area (Å²) in [6.07, 6.45) is 0.240. The maximum Gasteiger partial charge on any atom is 0.228 e. The third-order valence-corrected chi connectivity index (χ3v) is 4.36. The van der Waals surface area contributed by atoms with Gasteiger partial charge in [-0.15, -0.1) is 0 Å². The molecule has 1 saturated heterocycles. The Hall–Kier alpha value is -2.11. The van der Waals surface area contributed by atoms with Crippen molar-refractivity contribution in [3.05, 3.63) is 52.7 Å². The van der Waals surface area contributed by atoms with Crippen molar-refractivity contribution < 1.29 is 9.53 Å². The molecule has 0 aliphatic carbocycles. The van der Waals surface area contributed by atoms with Crippen LogP contribution in [0.4, 0.5) is 11.5 Å². The van der Waals surface area contributed by atoms with E-state index in [-0.39, 0.29) is 12.3 Å². The zero-order valence-electron chi connectivity index (χ0n) is 13.6. The van der Waals surface area contributed by atoms with E-state index in [4.69, 9.17) is 16.3 Å². The average Bonchev–Trinajstić information content (AvgIpc) is 2.59. The zero-order valence-corrected chi connectivity index (χ0v) is 14.3. The van der Waals surface area contributed by atoms with Gasteiger partial charge < -0.3 is 15.0 Å². The number of hydrogen-bond donors (Lipinski definition) is 1. The Labute approximate surface area is 146 Å². The molecule has 1 aromatic carbocycles. The summed E-state index contributed by atoms with van der Waals surface area (Å²) < 4.78 is 5.36. The third kappa shape index (κ3) is 4.04. The Kier molecular flexibility index (Phi) is 5.33. The second-order valence-corrected chi connectivity index (χ2v) is 6.13. The van der Waals surface area contributed by atoms with Gasteiger partial charge in [-0.2, -0.15) is 0 Å². The predicted molar refractivity (Wildman–Crippen MR) is 95.8 cm³/mol. The lowest BCUT2D eigenvalue weighted by Crippen LogP contribution is -2.36. The van der Waals surface area contributed by atoms with Gasteiger partial charge in [0.1, 0.15) is 5.82 Å². The number of halogens is 1.